The molecule has 0 radical (unpaired) electrons. The second-order valence-corrected chi connectivity index (χ2v) is 4.27. The third-order valence-electron chi connectivity index (χ3n) is 2.42. The van der Waals surface area contributed by atoms with Gasteiger partial charge in [-0.25, -0.2) is 0 Å². The fraction of sp³-hybridized carbons (Fsp3) is 0.889. The Bertz CT molecular complexity index is 170. The number of hydrogen-bond acceptors (Lipinski definition) is 2. The molecule has 70 valence electrons. The topological polar surface area (TPSA) is 20.3 Å². The van der Waals surface area contributed by atoms with Crippen LogP contribution in [-0.2, 0) is 4.79 Å². The second-order valence-electron chi connectivity index (χ2n) is 3.62. The zero-order valence-electron chi connectivity index (χ0n) is 7.72. The maximum absolute atomic E-state index is 11.5. The van der Waals surface area contributed by atoms with Crippen molar-refractivity contribution in [2.75, 3.05) is 20.1 Å². The summed E-state index contributed by atoms with van der Waals surface area (Å²) >= 11 is 5.74. The van der Waals surface area contributed by atoms with Gasteiger partial charge in [0.1, 0.15) is 0 Å². The van der Waals surface area contributed by atoms with Crippen molar-refractivity contribution >= 4 is 17.4 Å². The molecule has 0 bridgehead atoms. The van der Waals surface area contributed by atoms with Crippen molar-refractivity contribution in [3.8, 4) is 0 Å². The Kier molecular flexibility index (Phi) is 3.53. The van der Waals surface area contributed by atoms with Crippen LogP contribution in [0.1, 0.15) is 19.8 Å². The maximum Gasteiger partial charge on any atom is 0.154 e. The molecule has 2 nitrogen and oxygen atoms in total. The van der Waals surface area contributed by atoms with E-state index in [0.717, 1.165) is 25.9 Å². The first-order valence-corrected chi connectivity index (χ1v) is 4.91. The van der Waals surface area contributed by atoms with Crippen molar-refractivity contribution in [2.45, 2.75) is 25.1 Å². The molecule has 0 aromatic heterocycles. The monoisotopic (exact) mass is 189 g/mol. The van der Waals surface area contributed by atoms with E-state index in [1.165, 1.54) is 0 Å². The van der Waals surface area contributed by atoms with Crippen LogP contribution in [0.25, 0.3) is 0 Å². The van der Waals surface area contributed by atoms with Crippen LogP contribution in [0.15, 0.2) is 0 Å². The lowest BCUT2D eigenvalue weighted by molar-refractivity contribution is -0.123. The Morgan fingerprint density at radius 3 is 2.83 bits per heavy atom. The van der Waals surface area contributed by atoms with E-state index in [4.69, 9.17) is 11.6 Å². The van der Waals surface area contributed by atoms with Gasteiger partial charge in [-0.15, -0.1) is 11.6 Å². The van der Waals surface area contributed by atoms with E-state index < -0.39 is 0 Å². The Balaban J connectivity index is 2.46. The predicted octanol–water partition coefficient (Wildman–Crippen LogP) is 1.52. The molecule has 2 atom stereocenters. The highest BCUT2D eigenvalue weighted by Crippen LogP contribution is 2.18. The zero-order chi connectivity index (χ0) is 9.14. The highest BCUT2D eigenvalue weighted by molar-refractivity contribution is 6.31. The third kappa shape index (κ3) is 2.46. The van der Waals surface area contributed by atoms with Crippen LogP contribution in [0, 0.1) is 5.92 Å². The van der Waals surface area contributed by atoms with Gasteiger partial charge in [-0.1, -0.05) is 0 Å². The molecule has 0 amide bonds. The van der Waals surface area contributed by atoms with Crippen LogP contribution >= 0.6 is 11.6 Å². The molecule has 12 heavy (non-hydrogen) atoms. The summed E-state index contributed by atoms with van der Waals surface area (Å²) in [4.78, 5) is 13.7. The van der Waals surface area contributed by atoms with Gasteiger partial charge < -0.3 is 4.90 Å². The summed E-state index contributed by atoms with van der Waals surface area (Å²) in [7, 11) is 2.05. The average molecular weight is 190 g/mol. The first kappa shape index (κ1) is 10.0. The van der Waals surface area contributed by atoms with Crippen molar-refractivity contribution in [1.82, 2.24) is 4.90 Å². The summed E-state index contributed by atoms with van der Waals surface area (Å²) < 4.78 is 0. The van der Waals surface area contributed by atoms with Crippen LogP contribution in [0.5, 0.6) is 0 Å². The number of rotatable bonds is 2. The fourth-order valence-electron chi connectivity index (χ4n) is 1.72. The van der Waals surface area contributed by atoms with Crippen molar-refractivity contribution in [2.24, 2.45) is 5.92 Å². The van der Waals surface area contributed by atoms with Crippen molar-refractivity contribution in [3.05, 3.63) is 0 Å². The van der Waals surface area contributed by atoms with Crippen LogP contribution in [0.3, 0.4) is 0 Å². The van der Waals surface area contributed by atoms with Gasteiger partial charge in [-0.3, -0.25) is 4.79 Å². The number of hydrogen-bond donors (Lipinski definition) is 0. The van der Waals surface area contributed by atoms with Gasteiger partial charge in [0.15, 0.2) is 5.78 Å². The molecule has 1 saturated heterocycles. The normalized spacial score (nSPS) is 28.4. The molecular formula is C9H16ClNO. The molecule has 2 unspecified atom stereocenters. The average Bonchev–Trinajstić information content (AvgIpc) is 2.03. The number of piperidine rings is 1. The van der Waals surface area contributed by atoms with Crippen LogP contribution in [0.4, 0.5) is 0 Å². The van der Waals surface area contributed by atoms with Crippen molar-refractivity contribution in [3.63, 3.8) is 0 Å². The highest BCUT2D eigenvalue weighted by Gasteiger charge is 2.26. The van der Waals surface area contributed by atoms with E-state index >= 15 is 0 Å². The van der Waals surface area contributed by atoms with Gasteiger partial charge in [-0.05, 0) is 33.4 Å². The number of nitrogens with zero attached hydrogens (tertiary/aromatic N) is 1. The standard InChI is InChI=1S/C9H16ClNO/c1-7(10)9(12)8-4-3-5-11(2)6-8/h7-8H,3-6H2,1-2H3. The Morgan fingerprint density at radius 2 is 2.33 bits per heavy atom. The minimum atomic E-state index is -0.318. The van der Waals surface area contributed by atoms with Crippen molar-refractivity contribution < 1.29 is 4.79 Å². The van der Waals surface area contributed by atoms with Gasteiger partial charge in [0, 0.05) is 12.5 Å². The minimum Gasteiger partial charge on any atom is -0.306 e. The Morgan fingerprint density at radius 1 is 1.67 bits per heavy atom. The number of ketones is 1. The molecular weight excluding hydrogens is 174 g/mol. The second kappa shape index (κ2) is 4.24. The van der Waals surface area contributed by atoms with E-state index in [1.54, 1.807) is 6.92 Å². The van der Waals surface area contributed by atoms with E-state index in [0.29, 0.717) is 0 Å². The summed E-state index contributed by atoms with van der Waals surface area (Å²) in [5, 5.41) is -0.318. The number of halogens is 1. The first-order chi connectivity index (χ1) is 5.61. The Labute approximate surface area is 78.9 Å². The van der Waals surface area contributed by atoms with Crippen LogP contribution in [-0.4, -0.2) is 36.2 Å². The van der Waals surface area contributed by atoms with Gasteiger partial charge in [-0.2, -0.15) is 0 Å². The summed E-state index contributed by atoms with van der Waals surface area (Å²) in [6.07, 6.45) is 2.14. The number of Topliss-reactive ketones (excluding diaryl/α,β-unsaturated/α-hetero) is 1. The summed E-state index contributed by atoms with van der Waals surface area (Å²) in [6.45, 7) is 3.76. The zero-order valence-corrected chi connectivity index (χ0v) is 8.47. The minimum absolute atomic E-state index is 0.177. The molecule has 1 rings (SSSR count). The van der Waals surface area contributed by atoms with Crippen molar-refractivity contribution in [1.29, 1.82) is 0 Å². The largest absolute Gasteiger partial charge is 0.306 e. The lowest BCUT2D eigenvalue weighted by atomic mass is 9.93. The summed E-state index contributed by atoms with van der Waals surface area (Å²) in [6, 6.07) is 0. The van der Waals surface area contributed by atoms with Gasteiger partial charge >= 0.3 is 0 Å². The summed E-state index contributed by atoms with van der Waals surface area (Å²) in [5.74, 6) is 0.388. The first-order valence-electron chi connectivity index (χ1n) is 4.47. The van der Waals surface area contributed by atoms with Gasteiger partial charge in [0.25, 0.3) is 0 Å². The van der Waals surface area contributed by atoms with E-state index in [9.17, 15) is 4.79 Å². The molecule has 0 aromatic rings. The molecule has 0 aliphatic carbocycles. The number of likely N-dealkylation sites (tertiary alicyclic amines) is 1. The van der Waals surface area contributed by atoms with Gasteiger partial charge in [0.05, 0.1) is 5.38 Å². The van der Waals surface area contributed by atoms with Gasteiger partial charge in [0.2, 0.25) is 0 Å². The van der Waals surface area contributed by atoms with Crippen LogP contribution in [0.2, 0.25) is 0 Å². The molecule has 1 fully saturated rings. The highest BCUT2D eigenvalue weighted by atomic mass is 35.5. The molecule has 1 aliphatic rings. The maximum atomic E-state index is 11.5. The molecule has 0 spiro atoms. The molecule has 0 aromatic carbocycles. The smallest absolute Gasteiger partial charge is 0.154 e. The van der Waals surface area contributed by atoms with E-state index in [2.05, 4.69) is 11.9 Å². The summed E-state index contributed by atoms with van der Waals surface area (Å²) in [5.41, 5.74) is 0. The lowest BCUT2D eigenvalue weighted by Crippen LogP contribution is -2.38. The third-order valence-corrected chi connectivity index (χ3v) is 2.63. The quantitative estimate of drug-likeness (QED) is 0.614. The van der Waals surface area contributed by atoms with E-state index in [-0.39, 0.29) is 17.1 Å². The molecule has 1 heterocycles. The Hall–Kier alpha value is -0.0800. The SMILES string of the molecule is CC(Cl)C(=O)C1CCCN(C)C1. The molecule has 1 aliphatic heterocycles. The molecule has 0 saturated carbocycles. The molecule has 3 heteroatoms. The lowest BCUT2D eigenvalue weighted by Gasteiger charge is -2.29. The fourth-order valence-corrected chi connectivity index (χ4v) is 1.90. The number of alkyl halides is 1. The van der Waals surface area contributed by atoms with E-state index in [1.807, 2.05) is 0 Å². The molecule has 0 N–H and O–H groups in total. The number of carbonyl (C=O) groups is 1. The van der Waals surface area contributed by atoms with Crippen LogP contribution < -0.4 is 0 Å². The predicted molar refractivity (Wildman–Crippen MR) is 50.5 cm³/mol. The number of carbonyl (C=O) groups excluding carboxylic acids is 1.